The van der Waals surface area contributed by atoms with E-state index in [-0.39, 0.29) is 0 Å². The average molecular weight is 351 g/mol. The Morgan fingerprint density at radius 1 is 1.24 bits per heavy atom. The van der Waals surface area contributed by atoms with Gasteiger partial charge in [-0.15, -0.1) is 0 Å². The molecule has 2 aromatic rings. The van der Waals surface area contributed by atoms with Crippen LogP contribution in [0.15, 0.2) is 49.2 Å². The summed E-state index contributed by atoms with van der Waals surface area (Å²) in [4.78, 5) is 7.24. The van der Waals surface area contributed by atoms with Crippen molar-refractivity contribution in [3.63, 3.8) is 0 Å². The zero-order valence-electron chi connectivity index (χ0n) is 14.6. The van der Waals surface area contributed by atoms with Crippen LogP contribution in [0, 0.1) is 5.92 Å². The lowest BCUT2D eigenvalue weighted by molar-refractivity contribution is 0.206. The molecule has 0 saturated carbocycles. The van der Waals surface area contributed by atoms with E-state index in [2.05, 4.69) is 42.8 Å². The number of hydrogen-bond donors (Lipinski definition) is 0. The van der Waals surface area contributed by atoms with Crippen LogP contribution in [-0.4, -0.2) is 30.0 Å². The summed E-state index contributed by atoms with van der Waals surface area (Å²) in [6.07, 6.45) is 8.46. The van der Waals surface area contributed by atoms with E-state index in [0.717, 1.165) is 23.7 Å². The number of nitrogens with zero attached hydrogens (tertiary/aromatic N) is 2. The number of fused-ring (bicyclic) bond motifs is 2. The standard InChI is InChI=1S/C22H23ClN2/c1-3-15-13-17-5-4-10-24-22(17)21(16-8-11-25(2)12-9-16)19-7-6-18(23)14-20(15)19/h3-7,10,13-14,16,21H,1,8-9,11-12H2,2H3. The maximum Gasteiger partial charge on any atom is 0.0553 e. The Morgan fingerprint density at radius 3 is 2.80 bits per heavy atom. The van der Waals surface area contributed by atoms with Gasteiger partial charge in [0.1, 0.15) is 0 Å². The summed E-state index contributed by atoms with van der Waals surface area (Å²) >= 11 is 6.33. The molecule has 1 atom stereocenters. The van der Waals surface area contributed by atoms with Crippen LogP contribution in [0.25, 0.3) is 11.6 Å². The van der Waals surface area contributed by atoms with Gasteiger partial charge in [0.15, 0.2) is 0 Å². The number of likely N-dealkylation sites (tertiary alicyclic amines) is 1. The zero-order valence-corrected chi connectivity index (χ0v) is 15.3. The van der Waals surface area contributed by atoms with E-state index in [4.69, 9.17) is 16.6 Å². The Labute approximate surface area is 154 Å². The maximum absolute atomic E-state index is 6.33. The molecule has 1 aromatic carbocycles. The number of allylic oxidation sites excluding steroid dienone is 2. The van der Waals surface area contributed by atoms with Crippen LogP contribution in [0.5, 0.6) is 0 Å². The predicted octanol–water partition coefficient (Wildman–Crippen LogP) is 5.25. The monoisotopic (exact) mass is 350 g/mol. The van der Waals surface area contributed by atoms with Crippen molar-refractivity contribution in [3.8, 4) is 0 Å². The van der Waals surface area contributed by atoms with E-state index < -0.39 is 0 Å². The van der Waals surface area contributed by atoms with Crippen molar-refractivity contribution in [3.05, 3.63) is 76.6 Å². The summed E-state index contributed by atoms with van der Waals surface area (Å²) in [5, 5.41) is 0.771. The largest absolute Gasteiger partial charge is 0.306 e. The quantitative estimate of drug-likeness (QED) is 0.735. The number of pyridine rings is 1. The Balaban J connectivity index is 1.91. The van der Waals surface area contributed by atoms with Gasteiger partial charge in [-0.1, -0.05) is 36.4 Å². The first kappa shape index (κ1) is 16.6. The summed E-state index contributed by atoms with van der Waals surface area (Å²) in [7, 11) is 2.21. The highest BCUT2D eigenvalue weighted by Gasteiger charge is 2.33. The fraction of sp³-hybridized carbons (Fsp3) is 0.318. The van der Waals surface area contributed by atoms with Gasteiger partial charge in [0.05, 0.1) is 5.69 Å². The summed E-state index contributed by atoms with van der Waals surface area (Å²) in [6.45, 7) is 6.33. The molecule has 25 heavy (non-hydrogen) atoms. The minimum Gasteiger partial charge on any atom is -0.306 e. The lowest BCUT2D eigenvalue weighted by Gasteiger charge is -2.35. The fourth-order valence-corrected chi connectivity index (χ4v) is 4.43. The molecule has 4 rings (SSSR count). The van der Waals surface area contributed by atoms with Gasteiger partial charge in [0.25, 0.3) is 0 Å². The average Bonchev–Trinajstić information content (AvgIpc) is 2.76. The van der Waals surface area contributed by atoms with E-state index in [0.29, 0.717) is 11.8 Å². The van der Waals surface area contributed by atoms with Crippen molar-refractivity contribution in [1.82, 2.24) is 9.88 Å². The van der Waals surface area contributed by atoms with Crippen molar-refractivity contribution < 1.29 is 0 Å². The van der Waals surface area contributed by atoms with Gasteiger partial charge in [-0.3, -0.25) is 4.98 Å². The smallest absolute Gasteiger partial charge is 0.0553 e. The molecule has 3 heteroatoms. The number of hydrogen-bond acceptors (Lipinski definition) is 2. The second-order valence-corrected chi connectivity index (χ2v) is 7.57. The van der Waals surface area contributed by atoms with Crippen molar-refractivity contribution in [2.24, 2.45) is 5.92 Å². The van der Waals surface area contributed by atoms with Gasteiger partial charge in [-0.05, 0) is 85.4 Å². The molecule has 0 N–H and O–H groups in total. The molecule has 1 aliphatic heterocycles. The van der Waals surface area contributed by atoms with E-state index in [1.807, 2.05) is 24.4 Å². The lowest BCUT2D eigenvalue weighted by Crippen LogP contribution is -2.33. The third kappa shape index (κ3) is 3.05. The van der Waals surface area contributed by atoms with Crippen molar-refractivity contribution in [2.75, 3.05) is 20.1 Å². The van der Waals surface area contributed by atoms with Gasteiger partial charge in [0.2, 0.25) is 0 Å². The van der Waals surface area contributed by atoms with E-state index in [9.17, 15) is 0 Å². The molecular weight excluding hydrogens is 328 g/mol. The second kappa shape index (κ2) is 6.78. The zero-order chi connectivity index (χ0) is 17.4. The van der Waals surface area contributed by atoms with Gasteiger partial charge in [-0.25, -0.2) is 0 Å². The molecule has 1 fully saturated rings. The van der Waals surface area contributed by atoms with Gasteiger partial charge in [0, 0.05) is 17.1 Å². The molecule has 1 aliphatic carbocycles. The molecule has 0 radical (unpaired) electrons. The first-order valence-corrected chi connectivity index (χ1v) is 9.32. The topological polar surface area (TPSA) is 16.1 Å². The Kier molecular flexibility index (Phi) is 4.49. The third-order valence-electron chi connectivity index (χ3n) is 5.59. The van der Waals surface area contributed by atoms with Gasteiger partial charge < -0.3 is 4.90 Å². The van der Waals surface area contributed by atoms with Crippen LogP contribution in [0.4, 0.5) is 0 Å². The van der Waals surface area contributed by atoms with Crippen LogP contribution in [0.3, 0.4) is 0 Å². The second-order valence-electron chi connectivity index (χ2n) is 7.13. The lowest BCUT2D eigenvalue weighted by atomic mass is 9.76. The highest BCUT2D eigenvalue weighted by atomic mass is 35.5. The van der Waals surface area contributed by atoms with Gasteiger partial charge in [-0.2, -0.15) is 0 Å². The molecule has 1 saturated heterocycles. The first-order chi connectivity index (χ1) is 12.2. The summed E-state index contributed by atoms with van der Waals surface area (Å²) in [5.74, 6) is 0.910. The van der Waals surface area contributed by atoms with Crippen LogP contribution in [-0.2, 0) is 0 Å². The molecule has 2 aliphatic rings. The highest BCUT2D eigenvalue weighted by molar-refractivity contribution is 6.30. The fourth-order valence-electron chi connectivity index (χ4n) is 4.26. The van der Waals surface area contributed by atoms with E-state index in [1.165, 1.54) is 35.2 Å². The molecule has 0 amide bonds. The minimum absolute atomic E-state index is 0.311. The molecule has 1 aromatic heterocycles. The molecule has 0 spiro atoms. The van der Waals surface area contributed by atoms with Gasteiger partial charge >= 0.3 is 0 Å². The number of aromatic nitrogens is 1. The first-order valence-electron chi connectivity index (χ1n) is 8.95. The summed E-state index contributed by atoms with van der Waals surface area (Å²) in [6, 6.07) is 10.5. The summed E-state index contributed by atoms with van der Waals surface area (Å²) in [5.41, 5.74) is 6.06. The van der Waals surface area contributed by atoms with Crippen LogP contribution in [0.1, 0.15) is 41.1 Å². The predicted molar refractivity (Wildman–Crippen MR) is 106 cm³/mol. The van der Waals surface area contributed by atoms with E-state index >= 15 is 0 Å². The van der Waals surface area contributed by atoms with Crippen molar-refractivity contribution in [2.45, 2.75) is 18.8 Å². The number of halogens is 1. The van der Waals surface area contributed by atoms with Crippen LogP contribution in [0.2, 0.25) is 5.02 Å². The molecule has 2 heterocycles. The molecular formula is C22H23ClN2. The Hall–Kier alpha value is -1.90. The molecule has 128 valence electrons. The highest BCUT2D eigenvalue weighted by Crippen LogP contribution is 2.44. The maximum atomic E-state index is 6.33. The Morgan fingerprint density at radius 2 is 2.04 bits per heavy atom. The van der Waals surface area contributed by atoms with Crippen molar-refractivity contribution >= 4 is 23.3 Å². The van der Waals surface area contributed by atoms with Crippen LogP contribution < -0.4 is 0 Å². The normalized spacial score (nSPS) is 21.0. The molecule has 2 nitrogen and oxygen atoms in total. The number of rotatable bonds is 2. The Bertz CT molecular complexity index is 832. The molecule has 0 bridgehead atoms. The SMILES string of the molecule is C=CC1=Cc2cccnc2C(C2CCN(C)CC2)c2ccc(Cl)cc21. The van der Waals surface area contributed by atoms with Crippen LogP contribution >= 0.6 is 11.6 Å². The number of piperidine rings is 1. The third-order valence-corrected chi connectivity index (χ3v) is 5.83. The number of benzene rings is 1. The van der Waals surface area contributed by atoms with E-state index in [1.54, 1.807) is 0 Å². The molecule has 1 unspecified atom stereocenters. The summed E-state index contributed by atoms with van der Waals surface area (Å²) < 4.78 is 0. The van der Waals surface area contributed by atoms with Crippen molar-refractivity contribution in [1.29, 1.82) is 0 Å². The minimum atomic E-state index is 0.311.